The highest BCUT2D eigenvalue weighted by Crippen LogP contribution is 2.30. The van der Waals surface area contributed by atoms with Gasteiger partial charge >= 0.3 is 0 Å². The van der Waals surface area contributed by atoms with Gasteiger partial charge in [-0.05, 0) is 82.5 Å². The summed E-state index contributed by atoms with van der Waals surface area (Å²) in [6, 6.07) is 16.5. The number of hydrogen-bond donors (Lipinski definition) is 0. The van der Waals surface area contributed by atoms with E-state index in [0.717, 1.165) is 51.9 Å². The van der Waals surface area contributed by atoms with Crippen molar-refractivity contribution in [1.82, 2.24) is 14.5 Å². The number of nitrogens with zero attached hydrogens (tertiary/aromatic N) is 4. The maximum atomic E-state index is 5.06. The first-order chi connectivity index (χ1) is 15.5. The molecule has 1 aliphatic rings. The van der Waals surface area contributed by atoms with Crippen molar-refractivity contribution in [2.45, 2.75) is 41.0 Å². The summed E-state index contributed by atoms with van der Waals surface area (Å²) in [4.78, 5) is 12.1. The summed E-state index contributed by atoms with van der Waals surface area (Å²) < 4.78 is 2.22. The first-order valence-corrected chi connectivity index (χ1v) is 11.1. The Bertz CT molecular complexity index is 1300. The molecule has 4 heteroatoms. The molecule has 0 atom stereocenters. The highest BCUT2D eigenvalue weighted by Gasteiger charge is 2.22. The maximum Gasteiger partial charge on any atom is 0.120 e. The van der Waals surface area contributed by atoms with Crippen LogP contribution in [0.4, 0.5) is 5.69 Å². The highest BCUT2D eigenvalue weighted by molar-refractivity contribution is 5.92. The monoisotopic (exact) mass is 422 g/mol. The van der Waals surface area contributed by atoms with Crippen molar-refractivity contribution < 1.29 is 0 Å². The van der Waals surface area contributed by atoms with Crippen LogP contribution in [0.1, 0.15) is 38.6 Å². The molecule has 4 rings (SSSR count). The van der Waals surface area contributed by atoms with Gasteiger partial charge < -0.3 is 0 Å². The molecule has 0 unspecified atom stereocenters. The van der Waals surface area contributed by atoms with Crippen LogP contribution < -0.4 is 0 Å². The van der Waals surface area contributed by atoms with E-state index in [0.29, 0.717) is 0 Å². The zero-order valence-electron chi connectivity index (χ0n) is 19.5. The van der Waals surface area contributed by atoms with Gasteiger partial charge in [0.1, 0.15) is 17.5 Å². The first kappa shape index (κ1) is 21.6. The molecule has 1 heterocycles. The standard InChI is InChI=1S/C28H30N4/c1-6-28(32-23(5)30-25-17-12-13-19-27(25)32)31(26-18-9-7-8-15-21(26)3)22(4)29-24-16-11-10-14-20(24)2/h6,8-19H,7H2,1-5H3/b28-6-,29-22?. The molecule has 3 aromatic rings. The van der Waals surface area contributed by atoms with Gasteiger partial charge in [0.2, 0.25) is 0 Å². The van der Waals surface area contributed by atoms with E-state index in [1.165, 1.54) is 5.57 Å². The lowest BCUT2D eigenvalue weighted by Gasteiger charge is -2.30. The zero-order chi connectivity index (χ0) is 22.7. The van der Waals surface area contributed by atoms with Gasteiger partial charge in [0.05, 0.1) is 22.4 Å². The molecule has 0 amide bonds. The summed E-state index contributed by atoms with van der Waals surface area (Å²) in [6.07, 6.45) is 11.8. The Labute approximate surface area is 190 Å². The number of para-hydroxylation sites is 3. The maximum absolute atomic E-state index is 5.06. The average molecular weight is 423 g/mol. The molecular formula is C28H30N4. The normalized spacial score (nSPS) is 14.9. The van der Waals surface area contributed by atoms with Crippen molar-refractivity contribution in [2.75, 3.05) is 0 Å². The summed E-state index contributed by atoms with van der Waals surface area (Å²) in [5.41, 5.74) is 6.50. The SMILES string of the molecule is C/C=C(/N(C(C)=Nc1ccccc1C)C1=C(C)C=CCC=C1)n1c(C)nc2ccccc21. The van der Waals surface area contributed by atoms with Gasteiger partial charge in [0, 0.05) is 0 Å². The second-order valence-corrected chi connectivity index (χ2v) is 8.02. The van der Waals surface area contributed by atoms with Crippen molar-refractivity contribution in [3.8, 4) is 0 Å². The van der Waals surface area contributed by atoms with Gasteiger partial charge in [-0.2, -0.15) is 0 Å². The molecule has 162 valence electrons. The van der Waals surface area contributed by atoms with Crippen molar-refractivity contribution in [1.29, 1.82) is 0 Å². The summed E-state index contributed by atoms with van der Waals surface area (Å²) >= 11 is 0. The number of fused-ring (bicyclic) bond motifs is 1. The molecule has 1 aliphatic carbocycles. The van der Waals surface area contributed by atoms with Crippen molar-refractivity contribution >= 4 is 28.4 Å². The first-order valence-electron chi connectivity index (χ1n) is 11.1. The summed E-state index contributed by atoms with van der Waals surface area (Å²) in [7, 11) is 0. The Hall–Kier alpha value is -3.66. The predicted molar refractivity (Wildman–Crippen MR) is 136 cm³/mol. The molecule has 0 fully saturated rings. The molecule has 0 saturated carbocycles. The van der Waals surface area contributed by atoms with Crippen LogP contribution in [0.25, 0.3) is 16.9 Å². The lowest BCUT2D eigenvalue weighted by Crippen LogP contribution is -2.30. The lowest BCUT2D eigenvalue weighted by atomic mass is 10.2. The van der Waals surface area contributed by atoms with E-state index < -0.39 is 0 Å². The molecule has 0 bridgehead atoms. The predicted octanol–water partition coefficient (Wildman–Crippen LogP) is 7.31. The van der Waals surface area contributed by atoms with Crippen LogP contribution in [-0.2, 0) is 0 Å². The van der Waals surface area contributed by atoms with E-state index in [1.54, 1.807) is 0 Å². The van der Waals surface area contributed by atoms with Crippen molar-refractivity contribution in [3.63, 3.8) is 0 Å². The Morgan fingerprint density at radius 3 is 2.50 bits per heavy atom. The third-order valence-corrected chi connectivity index (χ3v) is 5.73. The molecular weight excluding hydrogens is 392 g/mol. The number of allylic oxidation sites excluding steroid dienone is 6. The van der Waals surface area contributed by atoms with Crippen LogP contribution in [0.5, 0.6) is 0 Å². The topological polar surface area (TPSA) is 33.4 Å². The van der Waals surface area contributed by atoms with Crippen LogP contribution >= 0.6 is 0 Å². The molecule has 4 nitrogen and oxygen atoms in total. The van der Waals surface area contributed by atoms with Gasteiger partial charge in [-0.25, -0.2) is 9.98 Å². The number of aromatic nitrogens is 2. The Kier molecular flexibility index (Phi) is 6.22. The van der Waals surface area contributed by atoms with Gasteiger partial charge in [-0.3, -0.25) is 9.47 Å². The molecule has 0 N–H and O–H groups in total. The number of benzene rings is 2. The third-order valence-electron chi connectivity index (χ3n) is 5.73. The molecule has 2 aromatic carbocycles. The van der Waals surface area contributed by atoms with E-state index in [1.807, 2.05) is 18.2 Å². The van der Waals surface area contributed by atoms with Crippen molar-refractivity contribution in [2.24, 2.45) is 4.99 Å². The molecule has 1 aromatic heterocycles. The molecule has 0 aliphatic heterocycles. The van der Waals surface area contributed by atoms with Crippen LogP contribution in [-0.4, -0.2) is 20.3 Å². The largest absolute Gasteiger partial charge is 0.284 e. The average Bonchev–Trinajstić information content (AvgIpc) is 2.97. The van der Waals surface area contributed by atoms with E-state index >= 15 is 0 Å². The smallest absolute Gasteiger partial charge is 0.120 e. The number of aryl methyl sites for hydroxylation is 2. The number of imidazole rings is 1. The van der Waals surface area contributed by atoms with Gasteiger partial charge in [-0.15, -0.1) is 0 Å². The van der Waals surface area contributed by atoms with Gasteiger partial charge in [0.25, 0.3) is 0 Å². The van der Waals surface area contributed by atoms with E-state index in [4.69, 9.17) is 9.98 Å². The van der Waals surface area contributed by atoms with E-state index in [2.05, 4.69) is 105 Å². The Morgan fingerprint density at radius 2 is 1.72 bits per heavy atom. The van der Waals surface area contributed by atoms with Gasteiger partial charge in [0.15, 0.2) is 0 Å². The van der Waals surface area contributed by atoms with Crippen molar-refractivity contribution in [3.05, 3.63) is 102 Å². The molecule has 0 saturated heterocycles. The highest BCUT2D eigenvalue weighted by atomic mass is 15.3. The quantitative estimate of drug-likeness (QED) is 0.326. The Morgan fingerprint density at radius 1 is 1.00 bits per heavy atom. The summed E-state index contributed by atoms with van der Waals surface area (Å²) in [5, 5.41) is 0. The van der Waals surface area contributed by atoms with E-state index in [-0.39, 0.29) is 0 Å². The minimum absolute atomic E-state index is 0.902. The number of amidine groups is 1. The fourth-order valence-corrected chi connectivity index (χ4v) is 4.14. The summed E-state index contributed by atoms with van der Waals surface area (Å²) in [6.45, 7) is 10.5. The molecule has 0 spiro atoms. The Balaban J connectivity index is 1.95. The third kappa shape index (κ3) is 4.09. The lowest BCUT2D eigenvalue weighted by molar-refractivity contribution is 0.675. The fraction of sp³-hybridized carbons (Fsp3) is 0.214. The minimum atomic E-state index is 0.902. The van der Waals surface area contributed by atoms with Crippen LogP contribution in [0.2, 0.25) is 0 Å². The minimum Gasteiger partial charge on any atom is -0.284 e. The number of aliphatic imine (C=N–C) groups is 1. The van der Waals surface area contributed by atoms with E-state index in [9.17, 15) is 0 Å². The van der Waals surface area contributed by atoms with Crippen LogP contribution in [0.15, 0.2) is 95.2 Å². The molecule has 32 heavy (non-hydrogen) atoms. The van der Waals surface area contributed by atoms with Gasteiger partial charge in [-0.1, -0.05) is 48.6 Å². The number of hydrogen-bond acceptors (Lipinski definition) is 2. The number of rotatable bonds is 4. The second kappa shape index (κ2) is 9.23. The molecule has 0 radical (unpaired) electrons. The summed E-state index contributed by atoms with van der Waals surface area (Å²) in [5.74, 6) is 2.86. The zero-order valence-corrected chi connectivity index (χ0v) is 19.5. The fourth-order valence-electron chi connectivity index (χ4n) is 4.14. The van der Waals surface area contributed by atoms with Crippen LogP contribution in [0.3, 0.4) is 0 Å². The van der Waals surface area contributed by atoms with Crippen LogP contribution in [0, 0.1) is 13.8 Å². The second-order valence-electron chi connectivity index (χ2n) is 8.02.